The molecule has 4 nitrogen and oxygen atoms in total. The summed E-state index contributed by atoms with van der Waals surface area (Å²) in [7, 11) is 0. The minimum absolute atomic E-state index is 0.188. The highest BCUT2D eigenvalue weighted by atomic mass is 35.5. The van der Waals surface area contributed by atoms with Crippen LogP contribution in [0.2, 0.25) is 5.15 Å². The first-order valence-electron chi connectivity index (χ1n) is 5.49. The average molecular weight is 257 g/mol. The normalized spacial score (nSPS) is 11.4. The molecule has 0 fully saturated rings. The molecular weight excluding hydrogens is 240 g/mol. The standard InChI is InChI=1S/C12H17ClN2O2/c1-4-9-5-8(6-10(13)15-9)11(16)14-7-12(2,3)17/h5-6,17H,4,7H2,1-3H3,(H,14,16). The summed E-state index contributed by atoms with van der Waals surface area (Å²) in [5.74, 6) is -0.258. The summed E-state index contributed by atoms with van der Waals surface area (Å²) in [5.41, 5.74) is 0.303. The van der Waals surface area contributed by atoms with Crippen LogP contribution >= 0.6 is 11.6 Å². The fraction of sp³-hybridized carbons (Fsp3) is 0.500. The van der Waals surface area contributed by atoms with Gasteiger partial charge in [0.15, 0.2) is 0 Å². The third-order valence-electron chi connectivity index (χ3n) is 2.15. The summed E-state index contributed by atoms with van der Waals surface area (Å²) in [6, 6.07) is 3.21. The maximum absolute atomic E-state index is 11.8. The minimum Gasteiger partial charge on any atom is -0.389 e. The number of nitrogens with zero attached hydrogens (tertiary/aromatic N) is 1. The first kappa shape index (κ1) is 13.9. The maximum Gasteiger partial charge on any atom is 0.251 e. The van der Waals surface area contributed by atoms with Crippen molar-refractivity contribution in [2.75, 3.05) is 6.54 Å². The summed E-state index contributed by atoms with van der Waals surface area (Å²) in [6.07, 6.45) is 0.715. The molecule has 94 valence electrons. The number of carbonyl (C=O) groups excluding carboxylic acids is 1. The van der Waals surface area contributed by atoms with Crippen molar-refractivity contribution in [2.24, 2.45) is 0 Å². The number of rotatable bonds is 4. The molecule has 0 aliphatic carbocycles. The van der Waals surface area contributed by atoms with E-state index < -0.39 is 5.60 Å². The molecule has 0 aliphatic rings. The van der Waals surface area contributed by atoms with Gasteiger partial charge in [-0.25, -0.2) is 4.98 Å². The third-order valence-corrected chi connectivity index (χ3v) is 2.35. The van der Waals surface area contributed by atoms with E-state index in [-0.39, 0.29) is 12.5 Å². The van der Waals surface area contributed by atoms with Gasteiger partial charge in [-0.15, -0.1) is 0 Å². The molecule has 0 radical (unpaired) electrons. The molecule has 0 saturated carbocycles. The number of aliphatic hydroxyl groups is 1. The van der Waals surface area contributed by atoms with Crippen LogP contribution in [-0.4, -0.2) is 28.1 Å². The molecule has 17 heavy (non-hydrogen) atoms. The molecule has 1 rings (SSSR count). The van der Waals surface area contributed by atoms with Crippen molar-refractivity contribution in [1.29, 1.82) is 0 Å². The second-order valence-electron chi connectivity index (χ2n) is 4.52. The number of pyridine rings is 1. The van der Waals surface area contributed by atoms with Crippen LogP contribution in [0.3, 0.4) is 0 Å². The average Bonchev–Trinajstić information content (AvgIpc) is 2.23. The molecule has 0 unspecified atom stereocenters. The SMILES string of the molecule is CCc1cc(C(=O)NCC(C)(C)O)cc(Cl)n1. The first-order chi connectivity index (χ1) is 7.81. The Morgan fingerprint density at radius 2 is 2.18 bits per heavy atom. The molecule has 1 heterocycles. The molecule has 0 spiro atoms. The number of aromatic nitrogens is 1. The van der Waals surface area contributed by atoms with Gasteiger partial charge in [-0.1, -0.05) is 18.5 Å². The van der Waals surface area contributed by atoms with Crippen molar-refractivity contribution in [3.63, 3.8) is 0 Å². The van der Waals surface area contributed by atoms with Crippen LogP contribution in [0.4, 0.5) is 0 Å². The highest BCUT2D eigenvalue weighted by Gasteiger charge is 2.15. The van der Waals surface area contributed by atoms with Crippen molar-refractivity contribution < 1.29 is 9.90 Å². The van der Waals surface area contributed by atoms with Gasteiger partial charge < -0.3 is 10.4 Å². The lowest BCUT2D eigenvalue weighted by atomic mass is 10.1. The molecule has 1 aromatic rings. The molecule has 0 saturated heterocycles. The van der Waals surface area contributed by atoms with E-state index in [0.717, 1.165) is 5.69 Å². The van der Waals surface area contributed by atoms with Crippen LogP contribution in [0.5, 0.6) is 0 Å². The van der Waals surface area contributed by atoms with Crippen molar-refractivity contribution in [3.8, 4) is 0 Å². The van der Waals surface area contributed by atoms with Gasteiger partial charge in [0, 0.05) is 17.8 Å². The Kier molecular flexibility index (Phi) is 4.48. The Morgan fingerprint density at radius 1 is 1.53 bits per heavy atom. The van der Waals surface area contributed by atoms with Crippen LogP contribution < -0.4 is 5.32 Å². The van der Waals surface area contributed by atoms with Crippen molar-refractivity contribution in [3.05, 3.63) is 28.5 Å². The summed E-state index contributed by atoms with van der Waals surface area (Å²) >= 11 is 5.82. The number of hydrogen-bond donors (Lipinski definition) is 2. The van der Waals surface area contributed by atoms with Crippen molar-refractivity contribution >= 4 is 17.5 Å². The van der Waals surface area contributed by atoms with Gasteiger partial charge in [-0.2, -0.15) is 0 Å². The zero-order valence-electron chi connectivity index (χ0n) is 10.2. The second kappa shape index (κ2) is 5.47. The molecule has 0 atom stereocenters. The van der Waals surface area contributed by atoms with E-state index in [9.17, 15) is 9.90 Å². The van der Waals surface area contributed by atoms with Gasteiger partial charge in [0.1, 0.15) is 5.15 Å². The zero-order chi connectivity index (χ0) is 13.1. The Labute approximate surface area is 106 Å². The third kappa shape index (κ3) is 4.71. The van der Waals surface area contributed by atoms with Gasteiger partial charge in [0.2, 0.25) is 0 Å². The van der Waals surface area contributed by atoms with Gasteiger partial charge in [-0.3, -0.25) is 4.79 Å². The highest BCUT2D eigenvalue weighted by molar-refractivity contribution is 6.29. The Morgan fingerprint density at radius 3 is 2.71 bits per heavy atom. The molecule has 1 aromatic heterocycles. The number of carbonyl (C=O) groups is 1. The van der Waals surface area contributed by atoms with Crippen molar-refractivity contribution in [1.82, 2.24) is 10.3 Å². The van der Waals surface area contributed by atoms with Gasteiger partial charge in [0.25, 0.3) is 5.91 Å². The Balaban J connectivity index is 2.78. The summed E-state index contributed by atoms with van der Waals surface area (Å²) in [4.78, 5) is 15.9. The zero-order valence-corrected chi connectivity index (χ0v) is 11.0. The van der Waals surface area contributed by atoms with E-state index >= 15 is 0 Å². The van der Waals surface area contributed by atoms with Crippen molar-refractivity contribution in [2.45, 2.75) is 32.8 Å². The quantitative estimate of drug-likeness (QED) is 0.808. The molecule has 0 bridgehead atoms. The van der Waals surface area contributed by atoms with E-state index in [4.69, 9.17) is 11.6 Å². The fourth-order valence-electron chi connectivity index (χ4n) is 1.26. The fourth-order valence-corrected chi connectivity index (χ4v) is 1.49. The van der Waals surface area contributed by atoms with Crippen LogP contribution in [0.25, 0.3) is 0 Å². The molecule has 0 aromatic carbocycles. The van der Waals surface area contributed by atoms with E-state index in [1.165, 1.54) is 6.07 Å². The lowest BCUT2D eigenvalue weighted by Gasteiger charge is -2.17. The summed E-state index contributed by atoms with van der Waals surface area (Å²) in [6.45, 7) is 5.39. The lowest BCUT2D eigenvalue weighted by molar-refractivity contribution is 0.0694. The van der Waals surface area contributed by atoms with Crippen LogP contribution in [0, 0.1) is 0 Å². The van der Waals surface area contributed by atoms with Gasteiger partial charge >= 0.3 is 0 Å². The monoisotopic (exact) mass is 256 g/mol. The second-order valence-corrected chi connectivity index (χ2v) is 4.91. The van der Waals surface area contributed by atoms with Gasteiger partial charge in [-0.05, 0) is 32.4 Å². The van der Waals surface area contributed by atoms with Crippen LogP contribution in [0.15, 0.2) is 12.1 Å². The molecule has 0 aliphatic heterocycles. The predicted molar refractivity (Wildman–Crippen MR) is 67.3 cm³/mol. The Bertz CT molecular complexity index is 413. The van der Waals surface area contributed by atoms with Crippen LogP contribution in [0.1, 0.15) is 36.8 Å². The smallest absolute Gasteiger partial charge is 0.251 e. The van der Waals surface area contributed by atoms with E-state index in [1.54, 1.807) is 19.9 Å². The minimum atomic E-state index is -0.930. The predicted octanol–water partition coefficient (Wildman–Crippen LogP) is 1.80. The lowest BCUT2D eigenvalue weighted by Crippen LogP contribution is -2.38. The molecular formula is C12H17ClN2O2. The van der Waals surface area contributed by atoms with Crippen LogP contribution in [-0.2, 0) is 6.42 Å². The number of hydrogen-bond acceptors (Lipinski definition) is 3. The molecule has 5 heteroatoms. The number of halogens is 1. The number of aryl methyl sites for hydroxylation is 1. The van der Waals surface area contributed by atoms with Gasteiger partial charge in [0.05, 0.1) is 5.60 Å². The largest absolute Gasteiger partial charge is 0.389 e. The number of amides is 1. The van der Waals surface area contributed by atoms with E-state index in [1.807, 2.05) is 6.92 Å². The maximum atomic E-state index is 11.8. The summed E-state index contributed by atoms with van der Waals surface area (Å²) < 4.78 is 0. The highest BCUT2D eigenvalue weighted by Crippen LogP contribution is 2.11. The molecule has 2 N–H and O–H groups in total. The van der Waals surface area contributed by atoms with E-state index in [0.29, 0.717) is 17.1 Å². The Hall–Kier alpha value is -1.13. The van der Waals surface area contributed by atoms with E-state index in [2.05, 4.69) is 10.3 Å². The first-order valence-corrected chi connectivity index (χ1v) is 5.86. The topological polar surface area (TPSA) is 62.2 Å². The summed E-state index contributed by atoms with van der Waals surface area (Å²) in [5, 5.41) is 12.5. The molecule has 1 amide bonds. The number of nitrogens with one attached hydrogen (secondary N) is 1.